The molecule has 2 aromatic rings. The Bertz CT molecular complexity index is 1190. The van der Waals surface area contributed by atoms with Gasteiger partial charge in [0.1, 0.15) is 6.73 Å². The third-order valence-electron chi connectivity index (χ3n) is 5.60. The van der Waals surface area contributed by atoms with E-state index in [1.807, 2.05) is 6.92 Å². The van der Waals surface area contributed by atoms with Crippen LogP contribution in [0.4, 0.5) is 0 Å². The minimum atomic E-state index is -3.54. The summed E-state index contributed by atoms with van der Waals surface area (Å²) >= 11 is 0. The van der Waals surface area contributed by atoms with Crippen molar-refractivity contribution in [3.63, 3.8) is 0 Å². The Morgan fingerprint density at radius 2 is 1.79 bits per heavy atom. The molecule has 1 unspecified atom stereocenters. The zero-order valence-electron chi connectivity index (χ0n) is 21.9. The molecular weight excluding hydrogens is 519 g/mol. The molecule has 0 bridgehead atoms. The van der Waals surface area contributed by atoms with E-state index >= 15 is 0 Å². The minimum Gasteiger partial charge on any atom is -0.454 e. The molecule has 38 heavy (non-hydrogen) atoms. The number of rotatable bonds is 15. The van der Waals surface area contributed by atoms with Gasteiger partial charge in [-0.1, -0.05) is 31.5 Å². The van der Waals surface area contributed by atoms with Crippen molar-refractivity contribution in [1.29, 1.82) is 0 Å². The van der Waals surface area contributed by atoms with Crippen LogP contribution in [0.2, 0.25) is 0 Å². The minimum absolute atomic E-state index is 0.0278. The van der Waals surface area contributed by atoms with Gasteiger partial charge in [0.15, 0.2) is 25.0 Å². The summed E-state index contributed by atoms with van der Waals surface area (Å²) in [6.45, 7) is 5.84. The van der Waals surface area contributed by atoms with Crippen molar-refractivity contribution in [3.05, 3.63) is 69.0 Å². The van der Waals surface area contributed by atoms with Crippen molar-refractivity contribution in [2.45, 2.75) is 65.4 Å². The fraction of sp³-hybridized carbons (Fsp3) is 0.560. The van der Waals surface area contributed by atoms with Crippen LogP contribution in [-0.2, 0) is 39.3 Å². The summed E-state index contributed by atoms with van der Waals surface area (Å²) < 4.78 is 48.2. The third-order valence-corrected chi connectivity index (χ3v) is 7.37. The van der Waals surface area contributed by atoms with E-state index in [0.717, 1.165) is 22.0 Å². The van der Waals surface area contributed by atoms with Gasteiger partial charge in [-0.25, -0.2) is 14.2 Å². The zero-order chi connectivity index (χ0) is 27.5. The van der Waals surface area contributed by atoms with Crippen molar-refractivity contribution < 1.29 is 37.4 Å². The van der Waals surface area contributed by atoms with Crippen LogP contribution in [0.1, 0.15) is 56.6 Å². The first kappa shape index (κ1) is 29.9. The number of aromatic nitrogens is 2. The number of carbonyl (C=O) groups excluding carboxylic acids is 1. The van der Waals surface area contributed by atoms with E-state index in [1.54, 1.807) is 44.2 Å². The van der Waals surface area contributed by atoms with E-state index in [9.17, 15) is 18.9 Å². The summed E-state index contributed by atoms with van der Waals surface area (Å²) in [5.41, 5.74) is -0.926. The number of esters is 1. The highest BCUT2D eigenvalue weighted by atomic mass is 31.2. The summed E-state index contributed by atoms with van der Waals surface area (Å²) in [7, 11) is -3.54. The molecule has 1 fully saturated rings. The second-order valence-corrected chi connectivity index (χ2v) is 10.4. The van der Waals surface area contributed by atoms with Crippen LogP contribution in [-0.4, -0.2) is 53.7 Å². The molecule has 0 spiro atoms. The number of nitrogens with zero attached hydrogens (tertiary/aromatic N) is 2. The van der Waals surface area contributed by atoms with E-state index in [0.29, 0.717) is 12.2 Å². The molecule has 210 valence electrons. The van der Waals surface area contributed by atoms with E-state index in [4.69, 9.17) is 28.0 Å². The largest absolute Gasteiger partial charge is 0.454 e. The Balaban J connectivity index is 1.85. The highest BCUT2D eigenvalue weighted by molar-refractivity contribution is 7.53. The van der Waals surface area contributed by atoms with E-state index in [-0.39, 0.29) is 26.4 Å². The Labute approximate surface area is 220 Å². The van der Waals surface area contributed by atoms with Crippen LogP contribution < -0.4 is 11.2 Å². The number of benzene rings is 1. The maximum absolute atomic E-state index is 13.2. The molecule has 0 amide bonds. The van der Waals surface area contributed by atoms with Crippen LogP contribution in [0, 0.1) is 0 Å². The van der Waals surface area contributed by atoms with Crippen LogP contribution in [0.3, 0.4) is 0 Å². The normalized spacial score (nSPS) is 19.5. The van der Waals surface area contributed by atoms with Crippen LogP contribution in [0.5, 0.6) is 0 Å². The smallest absolute Gasteiger partial charge is 0.356 e. The number of unbranched alkanes of at least 4 members (excludes halogenated alkanes) is 1. The van der Waals surface area contributed by atoms with E-state index in [1.165, 1.54) is 12.3 Å². The van der Waals surface area contributed by atoms with Gasteiger partial charge in [0.05, 0.1) is 18.8 Å². The second-order valence-electron chi connectivity index (χ2n) is 8.41. The molecule has 1 saturated heterocycles. The van der Waals surface area contributed by atoms with Crippen LogP contribution in [0.25, 0.3) is 0 Å². The summed E-state index contributed by atoms with van der Waals surface area (Å²) in [5, 5.41) is 0. The molecule has 0 saturated carbocycles. The lowest BCUT2D eigenvalue weighted by molar-refractivity contribution is -0.149. The summed E-state index contributed by atoms with van der Waals surface area (Å²) in [4.78, 5) is 38.4. The van der Waals surface area contributed by atoms with Crippen molar-refractivity contribution >= 4 is 13.6 Å². The molecule has 3 rings (SSSR count). The molecule has 0 N–H and O–H groups in total. The predicted molar refractivity (Wildman–Crippen MR) is 137 cm³/mol. The molecule has 0 aliphatic carbocycles. The Morgan fingerprint density at radius 3 is 2.45 bits per heavy atom. The van der Waals surface area contributed by atoms with Crippen molar-refractivity contribution in [1.82, 2.24) is 9.13 Å². The zero-order valence-corrected chi connectivity index (χ0v) is 22.7. The Morgan fingerprint density at radius 1 is 1.08 bits per heavy atom. The SMILES string of the molecule is CCCCOCn1c(=O)ccn([C@@H]2O[C@@H](OCP(=O)(OCC)OCC)CC2OC(=O)c2ccccc2)c1=O. The number of carbonyl (C=O) groups is 1. The molecule has 1 aromatic heterocycles. The van der Waals surface area contributed by atoms with Gasteiger partial charge in [-0.2, -0.15) is 0 Å². The van der Waals surface area contributed by atoms with Gasteiger partial charge < -0.3 is 28.0 Å². The number of ether oxygens (including phenoxy) is 4. The molecule has 1 aliphatic heterocycles. The maximum atomic E-state index is 13.2. The summed E-state index contributed by atoms with van der Waals surface area (Å²) in [6, 6.07) is 9.56. The lowest BCUT2D eigenvalue weighted by Gasteiger charge is -2.22. The van der Waals surface area contributed by atoms with Crippen molar-refractivity contribution in [2.24, 2.45) is 0 Å². The first-order valence-electron chi connectivity index (χ1n) is 12.6. The molecule has 2 heterocycles. The molecular formula is C25H35N2O10P. The topological polar surface area (TPSA) is 134 Å². The molecule has 1 aromatic carbocycles. The molecule has 1 aliphatic rings. The monoisotopic (exact) mass is 554 g/mol. The molecule has 13 heteroatoms. The van der Waals surface area contributed by atoms with E-state index < -0.39 is 49.8 Å². The van der Waals surface area contributed by atoms with Gasteiger partial charge in [-0.05, 0) is 32.4 Å². The average Bonchev–Trinajstić information content (AvgIpc) is 3.30. The van der Waals surface area contributed by atoms with Crippen molar-refractivity contribution in [2.75, 3.05) is 26.2 Å². The second kappa shape index (κ2) is 14.5. The van der Waals surface area contributed by atoms with Gasteiger partial charge in [0, 0.05) is 25.3 Å². The number of hydrogen-bond donors (Lipinski definition) is 0. The maximum Gasteiger partial charge on any atom is 0.356 e. The molecule has 0 radical (unpaired) electrons. The third kappa shape index (κ3) is 7.95. The van der Waals surface area contributed by atoms with Crippen molar-refractivity contribution in [3.8, 4) is 0 Å². The average molecular weight is 555 g/mol. The van der Waals surface area contributed by atoms with Crippen LogP contribution >= 0.6 is 7.60 Å². The van der Waals surface area contributed by atoms with Gasteiger partial charge in [0.2, 0.25) is 0 Å². The summed E-state index contributed by atoms with van der Waals surface area (Å²) in [5.74, 6) is -0.622. The predicted octanol–water partition coefficient (Wildman–Crippen LogP) is 3.50. The van der Waals surface area contributed by atoms with Gasteiger partial charge >= 0.3 is 19.3 Å². The molecule has 12 nitrogen and oxygen atoms in total. The van der Waals surface area contributed by atoms with Gasteiger partial charge in [-0.15, -0.1) is 0 Å². The Hall–Kier alpha value is -2.60. The van der Waals surface area contributed by atoms with Crippen LogP contribution in [0.15, 0.2) is 52.2 Å². The highest BCUT2D eigenvalue weighted by Gasteiger charge is 2.42. The first-order chi connectivity index (χ1) is 18.3. The fourth-order valence-electron chi connectivity index (χ4n) is 3.77. The van der Waals surface area contributed by atoms with Gasteiger partial charge in [-0.3, -0.25) is 13.9 Å². The quantitative estimate of drug-likeness (QED) is 0.183. The lowest BCUT2D eigenvalue weighted by atomic mass is 10.2. The van der Waals surface area contributed by atoms with E-state index in [2.05, 4.69) is 0 Å². The molecule has 3 atom stereocenters. The lowest BCUT2D eigenvalue weighted by Crippen LogP contribution is -2.43. The highest BCUT2D eigenvalue weighted by Crippen LogP contribution is 2.48. The number of hydrogen-bond acceptors (Lipinski definition) is 10. The first-order valence-corrected chi connectivity index (χ1v) is 14.4. The Kier molecular flexibility index (Phi) is 11.4. The standard InChI is InChI=1S/C25H35N2O10P/c1-4-7-15-32-17-27-21(28)13-14-26(25(27)30)23-20(36-24(29)19-11-9-8-10-12-19)16-22(37-23)33-18-38(31,34-5-2)35-6-3/h8-14,20,22-23H,4-7,15-18H2,1-3H3/t20?,22-,23-/m1/s1. The van der Waals surface area contributed by atoms with Gasteiger partial charge in [0.25, 0.3) is 5.56 Å². The fourth-order valence-corrected chi connectivity index (χ4v) is 5.13. The summed E-state index contributed by atoms with van der Waals surface area (Å²) in [6.07, 6.45) is -0.502.